The molecule has 1 unspecified atom stereocenters. The fourth-order valence-electron chi connectivity index (χ4n) is 2.15. The highest BCUT2D eigenvalue weighted by atomic mass is 16.5. The van der Waals surface area contributed by atoms with E-state index in [9.17, 15) is 0 Å². The molecule has 0 aliphatic carbocycles. The van der Waals surface area contributed by atoms with Crippen molar-refractivity contribution in [3.05, 3.63) is 0 Å². The second-order valence-corrected chi connectivity index (χ2v) is 5.00. The highest BCUT2D eigenvalue weighted by Gasteiger charge is 2.18. The van der Waals surface area contributed by atoms with Crippen LogP contribution in [0.5, 0.6) is 0 Å². The summed E-state index contributed by atoms with van der Waals surface area (Å²) < 4.78 is 5.11. The molecule has 1 aliphatic heterocycles. The summed E-state index contributed by atoms with van der Waals surface area (Å²) in [6.45, 7) is 10.2. The molecular weight excluding hydrogens is 200 g/mol. The molecular formula is C13H28N2O. The van der Waals surface area contributed by atoms with Crippen LogP contribution in [0.4, 0.5) is 0 Å². The van der Waals surface area contributed by atoms with Crippen LogP contribution in [0.3, 0.4) is 0 Å². The monoisotopic (exact) mass is 228 g/mol. The third-order valence-electron chi connectivity index (χ3n) is 3.69. The van der Waals surface area contributed by atoms with Gasteiger partial charge in [-0.2, -0.15) is 0 Å². The van der Waals surface area contributed by atoms with Crippen molar-refractivity contribution in [2.45, 2.75) is 39.2 Å². The fourth-order valence-corrected chi connectivity index (χ4v) is 2.15. The maximum absolute atomic E-state index is 5.11. The van der Waals surface area contributed by atoms with Crippen LogP contribution in [0.1, 0.15) is 33.1 Å². The van der Waals surface area contributed by atoms with Gasteiger partial charge in [-0.15, -0.1) is 0 Å². The largest absolute Gasteiger partial charge is 0.383 e. The van der Waals surface area contributed by atoms with Crippen LogP contribution in [0.15, 0.2) is 0 Å². The maximum Gasteiger partial charge on any atom is 0.0589 e. The number of nitrogens with zero attached hydrogens (tertiary/aromatic N) is 1. The minimum Gasteiger partial charge on any atom is -0.383 e. The van der Waals surface area contributed by atoms with Crippen LogP contribution in [0.2, 0.25) is 0 Å². The van der Waals surface area contributed by atoms with Crippen LogP contribution < -0.4 is 5.32 Å². The minimum atomic E-state index is 0.673. The Morgan fingerprint density at radius 1 is 1.38 bits per heavy atom. The topological polar surface area (TPSA) is 24.5 Å². The summed E-state index contributed by atoms with van der Waals surface area (Å²) in [5.74, 6) is 0.882. The van der Waals surface area contributed by atoms with E-state index in [2.05, 4.69) is 24.1 Å². The van der Waals surface area contributed by atoms with E-state index in [0.717, 1.165) is 19.1 Å². The van der Waals surface area contributed by atoms with Gasteiger partial charge in [-0.3, -0.25) is 0 Å². The zero-order valence-electron chi connectivity index (χ0n) is 11.2. The second kappa shape index (κ2) is 8.04. The number of rotatable bonds is 7. The molecule has 96 valence electrons. The van der Waals surface area contributed by atoms with Crippen LogP contribution in [0.25, 0.3) is 0 Å². The first-order valence-corrected chi connectivity index (χ1v) is 6.71. The zero-order chi connectivity index (χ0) is 11.8. The van der Waals surface area contributed by atoms with E-state index in [1.165, 1.54) is 38.9 Å². The lowest BCUT2D eigenvalue weighted by atomic mass is 9.96. The van der Waals surface area contributed by atoms with E-state index < -0.39 is 0 Å². The number of methoxy groups -OCH3 is 1. The Morgan fingerprint density at radius 3 is 2.62 bits per heavy atom. The Bertz CT molecular complexity index is 167. The molecule has 1 aliphatic rings. The van der Waals surface area contributed by atoms with Crippen molar-refractivity contribution in [3.63, 3.8) is 0 Å². The lowest BCUT2D eigenvalue weighted by Gasteiger charge is -2.32. The summed E-state index contributed by atoms with van der Waals surface area (Å²) in [6, 6.07) is 0.673. The molecule has 0 spiro atoms. The lowest BCUT2D eigenvalue weighted by Crippen LogP contribution is -2.40. The molecule has 0 aromatic rings. The van der Waals surface area contributed by atoms with Crippen LogP contribution in [0, 0.1) is 5.92 Å². The second-order valence-electron chi connectivity index (χ2n) is 5.00. The van der Waals surface area contributed by atoms with Crippen molar-refractivity contribution in [2.24, 2.45) is 5.92 Å². The Hall–Kier alpha value is -0.120. The number of hydrogen-bond donors (Lipinski definition) is 1. The quantitative estimate of drug-likeness (QED) is 0.718. The van der Waals surface area contributed by atoms with Gasteiger partial charge >= 0.3 is 0 Å². The Labute approximate surface area is 101 Å². The Balaban J connectivity index is 2.07. The Morgan fingerprint density at radius 2 is 2.06 bits per heavy atom. The van der Waals surface area contributed by atoms with Crippen molar-refractivity contribution < 1.29 is 4.74 Å². The molecule has 0 saturated carbocycles. The third-order valence-corrected chi connectivity index (χ3v) is 3.69. The smallest absolute Gasteiger partial charge is 0.0589 e. The first-order chi connectivity index (χ1) is 7.76. The molecule has 3 nitrogen and oxygen atoms in total. The van der Waals surface area contributed by atoms with Crippen LogP contribution in [-0.2, 0) is 4.74 Å². The van der Waals surface area contributed by atoms with Gasteiger partial charge in [-0.25, -0.2) is 0 Å². The summed E-state index contributed by atoms with van der Waals surface area (Å²) in [7, 11) is 1.78. The van der Waals surface area contributed by atoms with Gasteiger partial charge in [-0.1, -0.05) is 6.92 Å². The SMILES string of the molecule is CCC(C)NCC1CCN(CCOC)CC1. The zero-order valence-corrected chi connectivity index (χ0v) is 11.2. The van der Waals surface area contributed by atoms with Crippen molar-refractivity contribution in [2.75, 3.05) is 39.9 Å². The molecule has 1 rings (SSSR count). The molecule has 0 aromatic carbocycles. The number of ether oxygens (including phenoxy) is 1. The maximum atomic E-state index is 5.11. The summed E-state index contributed by atoms with van der Waals surface area (Å²) in [4.78, 5) is 2.52. The third kappa shape index (κ3) is 5.28. The van der Waals surface area contributed by atoms with E-state index in [-0.39, 0.29) is 0 Å². The molecule has 1 atom stereocenters. The summed E-state index contributed by atoms with van der Waals surface area (Å²) >= 11 is 0. The van der Waals surface area contributed by atoms with Gasteiger partial charge in [0.25, 0.3) is 0 Å². The van der Waals surface area contributed by atoms with Gasteiger partial charge in [0, 0.05) is 19.7 Å². The van der Waals surface area contributed by atoms with Gasteiger partial charge in [0.2, 0.25) is 0 Å². The average Bonchev–Trinajstić information content (AvgIpc) is 2.34. The summed E-state index contributed by atoms with van der Waals surface area (Å²) in [5.41, 5.74) is 0. The molecule has 3 heteroatoms. The normalized spacial score (nSPS) is 21.2. The highest BCUT2D eigenvalue weighted by molar-refractivity contribution is 4.74. The van der Waals surface area contributed by atoms with E-state index >= 15 is 0 Å². The molecule has 0 bridgehead atoms. The van der Waals surface area contributed by atoms with Gasteiger partial charge < -0.3 is 15.0 Å². The molecule has 16 heavy (non-hydrogen) atoms. The average molecular weight is 228 g/mol. The van der Waals surface area contributed by atoms with Crippen molar-refractivity contribution >= 4 is 0 Å². The van der Waals surface area contributed by atoms with E-state index in [0.29, 0.717) is 6.04 Å². The van der Waals surface area contributed by atoms with E-state index in [4.69, 9.17) is 4.74 Å². The van der Waals surface area contributed by atoms with Crippen LogP contribution >= 0.6 is 0 Å². The van der Waals surface area contributed by atoms with Gasteiger partial charge in [0.1, 0.15) is 0 Å². The first-order valence-electron chi connectivity index (χ1n) is 6.71. The molecule has 1 N–H and O–H groups in total. The molecule has 1 fully saturated rings. The number of hydrogen-bond acceptors (Lipinski definition) is 3. The number of piperidine rings is 1. The highest BCUT2D eigenvalue weighted by Crippen LogP contribution is 2.16. The Kier molecular flexibility index (Phi) is 7.01. The fraction of sp³-hybridized carbons (Fsp3) is 1.00. The minimum absolute atomic E-state index is 0.673. The van der Waals surface area contributed by atoms with Gasteiger partial charge in [0.15, 0.2) is 0 Å². The lowest BCUT2D eigenvalue weighted by molar-refractivity contribution is 0.119. The number of likely N-dealkylation sites (tertiary alicyclic amines) is 1. The van der Waals surface area contributed by atoms with Gasteiger partial charge in [-0.05, 0) is 51.7 Å². The summed E-state index contributed by atoms with van der Waals surface area (Å²) in [5, 5.41) is 3.62. The van der Waals surface area contributed by atoms with Crippen molar-refractivity contribution in [1.82, 2.24) is 10.2 Å². The van der Waals surface area contributed by atoms with Crippen molar-refractivity contribution in [3.8, 4) is 0 Å². The molecule has 1 saturated heterocycles. The predicted octanol–water partition coefficient (Wildman–Crippen LogP) is 1.73. The summed E-state index contributed by atoms with van der Waals surface area (Å²) in [6.07, 6.45) is 3.91. The first kappa shape index (κ1) is 13.9. The molecule has 0 amide bonds. The predicted molar refractivity (Wildman–Crippen MR) is 68.8 cm³/mol. The van der Waals surface area contributed by atoms with Crippen molar-refractivity contribution in [1.29, 1.82) is 0 Å². The standard InChI is InChI=1S/C13H28N2O/c1-4-12(2)14-11-13-5-7-15(8-6-13)9-10-16-3/h12-14H,4-11H2,1-3H3. The molecule has 1 heterocycles. The van der Waals surface area contributed by atoms with Gasteiger partial charge in [0.05, 0.1) is 6.61 Å². The molecule has 0 aromatic heterocycles. The van der Waals surface area contributed by atoms with Crippen LogP contribution in [-0.4, -0.2) is 50.8 Å². The van der Waals surface area contributed by atoms with E-state index in [1.807, 2.05) is 0 Å². The molecule has 0 radical (unpaired) electrons. The number of nitrogens with one attached hydrogen (secondary N) is 1. The van der Waals surface area contributed by atoms with E-state index in [1.54, 1.807) is 7.11 Å².